The van der Waals surface area contributed by atoms with Gasteiger partial charge in [-0.3, -0.25) is 9.59 Å². The van der Waals surface area contributed by atoms with Crippen LogP contribution in [0.4, 0.5) is 5.13 Å². The summed E-state index contributed by atoms with van der Waals surface area (Å²) in [7, 11) is 0. The molecule has 8 heteroatoms. The Morgan fingerprint density at radius 3 is 2.70 bits per heavy atom. The second kappa shape index (κ2) is 8.59. The van der Waals surface area contributed by atoms with Crippen molar-refractivity contribution in [3.8, 4) is 11.3 Å². The molecule has 0 atom stereocenters. The topological polar surface area (TPSA) is 94.3 Å². The normalized spacial score (nSPS) is 10.6. The zero-order valence-corrected chi connectivity index (χ0v) is 15.8. The van der Waals surface area contributed by atoms with Crippen LogP contribution in [0.15, 0.2) is 40.2 Å². The van der Waals surface area contributed by atoms with E-state index in [4.69, 9.17) is 9.26 Å². The van der Waals surface area contributed by atoms with E-state index in [2.05, 4.69) is 15.5 Å². The van der Waals surface area contributed by atoms with Crippen molar-refractivity contribution in [3.63, 3.8) is 0 Å². The summed E-state index contributed by atoms with van der Waals surface area (Å²) in [6, 6.07) is 9.61. The standard InChI is InChI=1S/C19H19N3O4S/c1-3-25-18(24)10-15-11-27-19(20-15)21-17(23)9-14-8-16(26-22-14)13-6-4-12(2)5-7-13/h4-8,11H,3,9-10H2,1-2H3,(H,20,21,23). The van der Waals surface area contributed by atoms with E-state index in [1.165, 1.54) is 11.3 Å². The van der Waals surface area contributed by atoms with E-state index >= 15 is 0 Å². The van der Waals surface area contributed by atoms with E-state index in [0.29, 0.717) is 28.9 Å². The molecule has 27 heavy (non-hydrogen) atoms. The first kappa shape index (κ1) is 18.8. The molecule has 0 bridgehead atoms. The number of hydrogen-bond acceptors (Lipinski definition) is 7. The maximum atomic E-state index is 12.2. The van der Waals surface area contributed by atoms with E-state index in [9.17, 15) is 9.59 Å². The number of hydrogen-bond donors (Lipinski definition) is 1. The van der Waals surface area contributed by atoms with Crippen LogP contribution in [0.25, 0.3) is 11.3 Å². The molecule has 140 valence electrons. The fourth-order valence-electron chi connectivity index (χ4n) is 2.38. The Bertz CT molecular complexity index is 931. The van der Waals surface area contributed by atoms with Crippen LogP contribution < -0.4 is 5.32 Å². The fraction of sp³-hybridized carbons (Fsp3) is 0.263. The second-order valence-electron chi connectivity index (χ2n) is 5.90. The lowest BCUT2D eigenvalue weighted by Crippen LogP contribution is -2.14. The molecule has 0 spiro atoms. The highest BCUT2D eigenvalue weighted by atomic mass is 32.1. The minimum Gasteiger partial charge on any atom is -0.466 e. The Labute approximate surface area is 160 Å². The summed E-state index contributed by atoms with van der Waals surface area (Å²) in [6.07, 6.45) is 0.158. The SMILES string of the molecule is CCOC(=O)Cc1csc(NC(=O)Cc2cc(-c3ccc(C)cc3)on2)n1. The number of aromatic nitrogens is 2. The van der Waals surface area contributed by atoms with Gasteiger partial charge in [-0.1, -0.05) is 35.0 Å². The summed E-state index contributed by atoms with van der Waals surface area (Å²) < 4.78 is 10.2. The van der Waals surface area contributed by atoms with Crippen LogP contribution in [0.1, 0.15) is 23.9 Å². The van der Waals surface area contributed by atoms with E-state index in [1.54, 1.807) is 18.4 Å². The van der Waals surface area contributed by atoms with Crippen LogP contribution in [0, 0.1) is 6.92 Å². The molecule has 1 N–H and O–H groups in total. The first-order valence-electron chi connectivity index (χ1n) is 8.46. The number of carbonyl (C=O) groups is 2. The Morgan fingerprint density at radius 2 is 1.96 bits per heavy atom. The number of ether oxygens (including phenoxy) is 1. The van der Waals surface area contributed by atoms with Gasteiger partial charge in [0.05, 0.1) is 30.8 Å². The largest absolute Gasteiger partial charge is 0.466 e. The molecule has 0 fully saturated rings. The number of nitrogens with one attached hydrogen (secondary N) is 1. The van der Waals surface area contributed by atoms with Crippen molar-refractivity contribution < 1.29 is 18.8 Å². The number of anilines is 1. The molecule has 0 unspecified atom stereocenters. The predicted octanol–water partition coefficient (Wildman–Crippen LogP) is 3.39. The van der Waals surface area contributed by atoms with Gasteiger partial charge in [-0.25, -0.2) is 4.98 Å². The number of rotatable bonds is 7. The van der Waals surface area contributed by atoms with E-state index < -0.39 is 0 Å². The number of carbonyl (C=O) groups excluding carboxylic acids is 2. The molecule has 1 aromatic carbocycles. The number of amides is 1. The number of aryl methyl sites for hydroxylation is 1. The first-order valence-corrected chi connectivity index (χ1v) is 9.34. The third kappa shape index (κ3) is 5.24. The van der Waals surface area contributed by atoms with Gasteiger partial charge in [0.15, 0.2) is 10.9 Å². The van der Waals surface area contributed by atoms with E-state index in [0.717, 1.165) is 11.1 Å². The molecule has 0 aliphatic heterocycles. The molecule has 0 aliphatic rings. The average Bonchev–Trinajstić information content (AvgIpc) is 3.25. The smallest absolute Gasteiger partial charge is 0.311 e. The summed E-state index contributed by atoms with van der Waals surface area (Å²) >= 11 is 1.26. The average molecular weight is 385 g/mol. The van der Waals surface area contributed by atoms with Crippen molar-refractivity contribution >= 4 is 28.3 Å². The first-order chi connectivity index (χ1) is 13.0. The molecular weight excluding hydrogens is 366 g/mol. The molecular formula is C19H19N3O4S. The van der Waals surface area contributed by atoms with Crippen LogP contribution in [-0.4, -0.2) is 28.6 Å². The highest BCUT2D eigenvalue weighted by Gasteiger charge is 2.13. The predicted molar refractivity (Wildman–Crippen MR) is 101 cm³/mol. The number of nitrogens with zero attached hydrogens (tertiary/aromatic N) is 2. The zero-order valence-electron chi connectivity index (χ0n) is 15.0. The van der Waals surface area contributed by atoms with Crippen LogP contribution in [0.2, 0.25) is 0 Å². The van der Waals surface area contributed by atoms with Crippen molar-refractivity contribution in [2.24, 2.45) is 0 Å². The minimum atomic E-state index is -0.341. The molecule has 1 amide bonds. The second-order valence-corrected chi connectivity index (χ2v) is 6.76. The number of thiazole rings is 1. The van der Waals surface area contributed by atoms with Crippen molar-refractivity contribution in [1.82, 2.24) is 10.1 Å². The van der Waals surface area contributed by atoms with Gasteiger partial charge in [0.2, 0.25) is 5.91 Å². The molecule has 2 aromatic heterocycles. The summed E-state index contributed by atoms with van der Waals surface area (Å²) in [6.45, 7) is 4.09. The van der Waals surface area contributed by atoms with Crippen LogP contribution >= 0.6 is 11.3 Å². The lowest BCUT2D eigenvalue weighted by Gasteiger charge is -1.99. The maximum Gasteiger partial charge on any atom is 0.311 e. The van der Waals surface area contributed by atoms with Gasteiger partial charge in [-0.05, 0) is 13.8 Å². The molecule has 7 nitrogen and oxygen atoms in total. The van der Waals surface area contributed by atoms with Gasteiger partial charge in [0, 0.05) is 17.0 Å². The summed E-state index contributed by atoms with van der Waals surface area (Å²) in [5.41, 5.74) is 3.16. The minimum absolute atomic E-state index is 0.0716. The Hall–Kier alpha value is -3.00. The third-order valence-corrected chi connectivity index (χ3v) is 4.47. The van der Waals surface area contributed by atoms with Crippen LogP contribution in [0.5, 0.6) is 0 Å². The highest BCUT2D eigenvalue weighted by molar-refractivity contribution is 7.13. The van der Waals surface area contributed by atoms with Gasteiger partial charge in [-0.15, -0.1) is 11.3 Å². The van der Waals surface area contributed by atoms with Crippen molar-refractivity contribution in [2.45, 2.75) is 26.7 Å². The van der Waals surface area contributed by atoms with Gasteiger partial charge in [0.25, 0.3) is 0 Å². The van der Waals surface area contributed by atoms with Crippen molar-refractivity contribution in [2.75, 3.05) is 11.9 Å². The fourth-order valence-corrected chi connectivity index (χ4v) is 3.11. The quantitative estimate of drug-likeness (QED) is 0.627. The molecule has 0 saturated heterocycles. The van der Waals surface area contributed by atoms with E-state index in [1.807, 2.05) is 31.2 Å². The summed E-state index contributed by atoms with van der Waals surface area (Å²) in [4.78, 5) is 27.9. The molecule has 0 radical (unpaired) electrons. The van der Waals surface area contributed by atoms with Gasteiger partial charge in [-0.2, -0.15) is 0 Å². The highest BCUT2D eigenvalue weighted by Crippen LogP contribution is 2.21. The Balaban J connectivity index is 1.56. The lowest BCUT2D eigenvalue weighted by atomic mass is 10.1. The van der Waals surface area contributed by atoms with Gasteiger partial charge < -0.3 is 14.6 Å². The molecule has 2 heterocycles. The number of benzene rings is 1. The third-order valence-electron chi connectivity index (χ3n) is 3.67. The molecule has 0 saturated carbocycles. The van der Waals surface area contributed by atoms with Crippen LogP contribution in [-0.2, 0) is 27.2 Å². The van der Waals surface area contributed by atoms with Gasteiger partial charge in [0.1, 0.15) is 0 Å². The molecule has 3 aromatic rings. The van der Waals surface area contributed by atoms with Crippen LogP contribution in [0.3, 0.4) is 0 Å². The molecule has 0 aliphatic carbocycles. The Kier molecular flexibility index (Phi) is 5.97. The summed E-state index contributed by atoms with van der Waals surface area (Å²) in [5.74, 6) is 0.0199. The number of esters is 1. The molecule has 3 rings (SSSR count). The van der Waals surface area contributed by atoms with Gasteiger partial charge >= 0.3 is 5.97 Å². The van der Waals surface area contributed by atoms with Crippen molar-refractivity contribution in [3.05, 3.63) is 52.7 Å². The van der Waals surface area contributed by atoms with Crippen molar-refractivity contribution in [1.29, 1.82) is 0 Å². The lowest BCUT2D eigenvalue weighted by molar-refractivity contribution is -0.142. The monoisotopic (exact) mass is 385 g/mol. The Morgan fingerprint density at radius 1 is 1.19 bits per heavy atom. The zero-order chi connectivity index (χ0) is 19.2. The summed E-state index contributed by atoms with van der Waals surface area (Å²) in [5, 5.41) is 8.81. The van der Waals surface area contributed by atoms with E-state index in [-0.39, 0.29) is 24.7 Å². The maximum absolute atomic E-state index is 12.2.